The van der Waals surface area contributed by atoms with Crippen molar-refractivity contribution < 1.29 is 9.21 Å². The maximum absolute atomic E-state index is 12.5. The second kappa shape index (κ2) is 6.93. The van der Waals surface area contributed by atoms with E-state index in [1.54, 1.807) is 18.3 Å². The van der Waals surface area contributed by atoms with Gasteiger partial charge in [0.25, 0.3) is 5.91 Å². The van der Waals surface area contributed by atoms with Crippen molar-refractivity contribution in [2.24, 2.45) is 0 Å². The molecule has 1 amide bonds. The normalized spacial score (nSPS) is 17.6. The molecular weight excluding hydrogens is 316 g/mol. The molecule has 128 valence electrons. The lowest BCUT2D eigenvalue weighted by atomic mass is 9.96. The molecule has 6 nitrogen and oxygen atoms in total. The first-order valence-corrected chi connectivity index (χ1v) is 8.54. The molecular formula is C19H20N4O2. The zero-order valence-corrected chi connectivity index (χ0v) is 13.9. The van der Waals surface area contributed by atoms with E-state index in [2.05, 4.69) is 20.6 Å². The van der Waals surface area contributed by atoms with Crippen LogP contribution in [0.15, 0.2) is 59.7 Å². The second-order valence-electron chi connectivity index (χ2n) is 6.34. The van der Waals surface area contributed by atoms with Crippen LogP contribution in [0.2, 0.25) is 0 Å². The Hall–Kier alpha value is -2.89. The molecule has 1 aliphatic rings. The zero-order valence-electron chi connectivity index (χ0n) is 13.9. The average molecular weight is 336 g/mol. The summed E-state index contributed by atoms with van der Waals surface area (Å²) in [5, 5.41) is 0. The molecule has 3 aromatic heterocycles. The Morgan fingerprint density at radius 3 is 3.04 bits per heavy atom. The summed E-state index contributed by atoms with van der Waals surface area (Å²) < 4.78 is 7.41. The van der Waals surface area contributed by atoms with Gasteiger partial charge in [-0.15, -0.1) is 0 Å². The molecule has 0 N–H and O–H groups in total. The molecule has 0 aliphatic carbocycles. The van der Waals surface area contributed by atoms with E-state index in [1.807, 2.05) is 29.6 Å². The summed E-state index contributed by atoms with van der Waals surface area (Å²) in [6, 6.07) is 7.46. The van der Waals surface area contributed by atoms with Gasteiger partial charge in [0.1, 0.15) is 5.82 Å². The zero-order chi connectivity index (χ0) is 17.1. The van der Waals surface area contributed by atoms with Crippen LogP contribution in [0, 0.1) is 0 Å². The highest BCUT2D eigenvalue weighted by atomic mass is 16.3. The number of nitrogens with zero attached hydrogens (tertiary/aromatic N) is 4. The number of hydrogen-bond acceptors (Lipinski definition) is 4. The summed E-state index contributed by atoms with van der Waals surface area (Å²) in [5.74, 6) is 1.62. The molecule has 1 aliphatic heterocycles. The molecule has 1 atom stereocenters. The smallest absolute Gasteiger partial charge is 0.289 e. The number of pyridine rings is 1. The first-order chi connectivity index (χ1) is 12.3. The second-order valence-corrected chi connectivity index (χ2v) is 6.34. The Morgan fingerprint density at radius 2 is 2.24 bits per heavy atom. The monoisotopic (exact) mass is 336 g/mol. The molecule has 0 bridgehead atoms. The number of piperidine rings is 1. The van der Waals surface area contributed by atoms with Crippen LogP contribution in [0.1, 0.15) is 40.7 Å². The van der Waals surface area contributed by atoms with Crippen LogP contribution in [0.3, 0.4) is 0 Å². The van der Waals surface area contributed by atoms with Gasteiger partial charge in [0.15, 0.2) is 5.76 Å². The summed E-state index contributed by atoms with van der Waals surface area (Å²) in [5.41, 5.74) is 1.14. The fourth-order valence-corrected chi connectivity index (χ4v) is 3.43. The third kappa shape index (κ3) is 3.33. The summed E-state index contributed by atoms with van der Waals surface area (Å²) in [6.07, 6.45) is 11.0. The lowest BCUT2D eigenvalue weighted by molar-refractivity contribution is 0.0671. The fourth-order valence-electron chi connectivity index (χ4n) is 3.43. The highest BCUT2D eigenvalue weighted by Gasteiger charge is 2.28. The van der Waals surface area contributed by atoms with E-state index in [9.17, 15) is 4.79 Å². The number of carbonyl (C=O) groups excluding carboxylic acids is 1. The van der Waals surface area contributed by atoms with Crippen molar-refractivity contribution in [1.82, 2.24) is 19.4 Å². The molecule has 3 aromatic rings. The van der Waals surface area contributed by atoms with E-state index in [0.717, 1.165) is 37.3 Å². The van der Waals surface area contributed by atoms with Gasteiger partial charge in [-0.1, -0.05) is 6.07 Å². The number of rotatable bonds is 4. The molecule has 0 spiro atoms. The SMILES string of the molecule is O=C(c1ccco1)N1CCCC(c2nccn2Cc2cccnc2)C1. The minimum absolute atomic E-state index is 0.0416. The first kappa shape index (κ1) is 15.6. The van der Waals surface area contributed by atoms with Gasteiger partial charge in [0.2, 0.25) is 0 Å². The van der Waals surface area contributed by atoms with Crippen molar-refractivity contribution in [3.8, 4) is 0 Å². The number of furan rings is 1. The average Bonchev–Trinajstić information content (AvgIpc) is 3.34. The third-order valence-electron chi connectivity index (χ3n) is 4.63. The summed E-state index contributed by atoms with van der Waals surface area (Å²) >= 11 is 0. The molecule has 1 saturated heterocycles. The van der Waals surface area contributed by atoms with Gasteiger partial charge in [-0.2, -0.15) is 0 Å². The Bertz CT molecular complexity index is 826. The Balaban J connectivity index is 1.50. The Labute approximate surface area is 146 Å². The van der Waals surface area contributed by atoms with E-state index in [4.69, 9.17) is 4.42 Å². The molecule has 6 heteroatoms. The predicted octanol–water partition coefficient (Wildman–Crippen LogP) is 2.94. The number of carbonyl (C=O) groups is 1. The van der Waals surface area contributed by atoms with Gasteiger partial charge < -0.3 is 13.9 Å². The molecule has 25 heavy (non-hydrogen) atoms. The summed E-state index contributed by atoms with van der Waals surface area (Å²) in [4.78, 5) is 23.2. The standard InChI is InChI=1S/C19H20N4O2/c24-19(17-6-3-11-25-17)23-9-2-5-16(14-23)18-21-8-10-22(18)13-15-4-1-7-20-12-15/h1,3-4,6-8,10-12,16H,2,5,9,13-14H2. The summed E-state index contributed by atoms with van der Waals surface area (Å²) in [7, 11) is 0. The molecule has 0 saturated carbocycles. The van der Waals surface area contributed by atoms with Crippen LogP contribution in [0.4, 0.5) is 0 Å². The molecule has 0 radical (unpaired) electrons. The van der Waals surface area contributed by atoms with E-state index in [-0.39, 0.29) is 11.8 Å². The van der Waals surface area contributed by atoms with Crippen molar-refractivity contribution >= 4 is 5.91 Å². The molecule has 4 heterocycles. The molecule has 0 aromatic carbocycles. The van der Waals surface area contributed by atoms with Gasteiger partial charge in [-0.25, -0.2) is 4.98 Å². The predicted molar refractivity (Wildman–Crippen MR) is 92.2 cm³/mol. The number of amides is 1. The minimum Gasteiger partial charge on any atom is -0.459 e. The topological polar surface area (TPSA) is 64.2 Å². The fraction of sp³-hybridized carbons (Fsp3) is 0.316. The van der Waals surface area contributed by atoms with Crippen LogP contribution >= 0.6 is 0 Å². The van der Waals surface area contributed by atoms with Crippen molar-refractivity contribution in [3.63, 3.8) is 0 Å². The highest BCUT2D eigenvalue weighted by Crippen LogP contribution is 2.27. The van der Waals surface area contributed by atoms with Crippen molar-refractivity contribution in [1.29, 1.82) is 0 Å². The third-order valence-corrected chi connectivity index (χ3v) is 4.63. The number of aromatic nitrogens is 3. The van der Waals surface area contributed by atoms with Crippen LogP contribution in [0.5, 0.6) is 0 Å². The maximum atomic E-state index is 12.5. The number of likely N-dealkylation sites (tertiary alicyclic amines) is 1. The first-order valence-electron chi connectivity index (χ1n) is 8.54. The molecule has 4 rings (SSSR count). The van der Waals surface area contributed by atoms with Gasteiger partial charge in [-0.3, -0.25) is 9.78 Å². The largest absolute Gasteiger partial charge is 0.459 e. The lowest BCUT2D eigenvalue weighted by Crippen LogP contribution is -2.39. The van der Waals surface area contributed by atoms with Crippen molar-refractivity contribution in [2.75, 3.05) is 13.1 Å². The quantitative estimate of drug-likeness (QED) is 0.735. The van der Waals surface area contributed by atoms with Crippen LogP contribution in [0.25, 0.3) is 0 Å². The van der Waals surface area contributed by atoms with E-state index in [1.165, 1.54) is 6.26 Å². The summed E-state index contributed by atoms with van der Waals surface area (Å²) in [6.45, 7) is 2.18. The molecule has 1 fully saturated rings. The van der Waals surface area contributed by atoms with Crippen LogP contribution < -0.4 is 0 Å². The number of imidazole rings is 1. The van der Waals surface area contributed by atoms with Gasteiger partial charge in [0, 0.05) is 43.8 Å². The van der Waals surface area contributed by atoms with Gasteiger partial charge >= 0.3 is 0 Å². The number of hydrogen-bond donors (Lipinski definition) is 0. The van der Waals surface area contributed by atoms with E-state index in [0.29, 0.717) is 12.3 Å². The van der Waals surface area contributed by atoms with E-state index >= 15 is 0 Å². The van der Waals surface area contributed by atoms with Gasteiger partial charge in [0.05, 0.1) is 12.8 Å². The van der Waals surface area contributed by atoms with Crippen molar-refractivity contribution in [3.05, 3.63) is 72.5 Å². The van der Waals surface area contributed by atoms with Crippen LogP contribution in [-0.2, 0) is 6.54 Å². The highest BCUT2D eigenvalue weighted by molar-refractivity contribution is 5.91. The molecule has 1 unspecified atom stereocenters. The lowest BCUT2D eigenvalue weighted by Gasteiger charge is -2.32. The Morgan fingerprint density at radius 1 is 1.28 bits per heavy atom. The van der Waals surface area contributed by atoms with Gasteiger partial charge in [-0.05, 0) is 36.6 Å². The maximum Gasteiger partial charge on any atom is 0.289 e. The minimum atomic E-state index is -0.0416. The van der Waals surface area contributed by atoms with Crippen molar-refractivity contribution in [2.45, 2.75) is 25.3 Å². The van der Waals surface area contributed by atoms with E-state index < -0.39 is 0 Å². The Kier molecular flexibility index (Phi) is 4.33. The van der Waals surface area contributed by atoms with Crippen LogP contribution in [-0.4, -0.2) is 38.4 Å².